The van der Waals surface area contributed by atoms with Crippen molar-refractivity contribution in [3.05, 3.63) is 40.9 Å². The number of hydrogen-bond donors (Lipinski definition) is 1. The Kier molecular flexibility index (Phi) is 4.16. The minimum absolute atomic E-state index is 0.0942. The number of H-pyrrole nitrogens is 1. The summed E-state index contributed by atoms with van der Waals surface area (Å²) in [5, 5.41) is 0. The second-order valence-electron chi connectivity index (χ2n) is 3.52. The predicted octanol–water partition coefficient (Wildman–Crippen LogP) is 2.76. The Morgan fingerprint density at radius 1 is 1.32 bits per heavy atom. The van der Waals surface area contributed by atoms with Gasteiger partial charge in [0.15, 0.2) is 0 Å². The molecule has 1 aromatic heterocycles. The van der Waals surface area contributed by atoms with Crippen LogP contribution in [0, 0.1) is 0 Å². The third kappa shape index (κ3) is 3.11. The Bertz CT molecular complexity index is 614. The molecule has 0 aliphatic carbocycles. The van der Waals surface area contributed by atoms with E-state index in [9.17, 15) is 13.6 Å². The molecule has 0 spiro atoms. The van der Waals surface area contributed by atoms with Crippen LogP contribution >= 0.6 is 11.8 Å². The number of alkyl halides is 2. The Labute approximate surface area is 111 Å². The normalized spacial score (nSPS) is 10.7. The number of ether oxygens (including phenoxy) is 1. The van der Waals surface area contributed by atoms with Crippen molar-refractivity contribution in [1.82, 2.24) is 9.97 Å². The summed E-state index contributed by atoms with van der Waals surface area (Å²) in [5.41, 5.74) is 0.611. The van der Waals surface area contributed by atoms with Crippen LogP contribution in [0.3, 0.4) is 0 Å². The average Bonchev–Trinajstić information content (AvgIpc) is 2.38. The summed E-state index contributed by atoms with van der Waals surface area (Å²) in [5.74, 6) is -2.37. The topological polar surface area (TPSA) is 55.0 Å². The van der Waals surface area contributed by atoms with Gasteiger partial charge in [0.05, 0.1) is 13.4 Å². The van der Waals surface area contributed by atoms with Crippen LogP contribution in [0.4, 0.5) is 8.78 Å². The molecule has 0 aliphatic rings. The Morgan fingerprint density at radius 2 is 2.00 bits per heavy atom. The maximum atomic E-state index is 12.2. The lowest BCUT2D eigenvalue weighted by atomic mass is 10.1. The molecule has 0 unspecified atom stereocenters. The van der Waals surface area contributed by atoms with Crippen molar-refractivity contribution in [2.45, 2.75) is 10.7 Å². The van der Waals surface area contributed by atoms with Crippen LogP contribution in [0.25, 0.3) is 11.3 Å². The highest BCUT2D eigenvalue weighted by molar-refractivity contribution is 7.99. The second kappa shape index (κ2) is 5.83. The van der Waals surface area contributed by atoms with Crippen LogP contribution in [0.15, 0.2) is 40.3 Å². The minimum Gasteiger partial charge on any atom is -0.490 e. The zero-order valence-corrected chi connectivity index (χ0v) is 10.7. The smallest absolute Gasteiger partial charge is 0.293 e. The summed E-state index contributed by atoms with van der Waals surface area (Å²) in [6.45, 7) is 0. The molecule has 1 heterocycles. The molecule has 2 rings (SSSR count). The summed E-state index contributed by atoms with van der Waals surface area (Å²) in [6.07, 6.45) is 1.27. The lowest BCUT2D eigenvalue weighted by molar-refractivity contribution is 0.252. The van der Waals surface area contributed by atoms with Gasteiger partial charge in [-0.2, -0.15) is 8.78 Å². The van der Waals surface area contributed by atoms with Crippen LogP contribution < -0.4 is 10.3 Å². The molecule has 1 aromatic carbocycles. The SMILES string of the molecule is COc1c(-c2ccc(SC(F)F)cc2)nc[nH]c1=O. The first-order chi connectivity index (χ1) is 9.11. The Balaban J connectivity index is 2.37. The summed E-state index contributed by atoms with van der Waals surface area (Å²) < 4.78 is 29.4. The molecule has 7 heteroatoms. The van der Waals surface area contributed by atoms with Crippen molar-refractivity contribution in [3.8, 4) is 17.0 Å². The maximum absolute atomic E-state index is 12.2. The molecule has 0 atom stereocenters. The van der Waals surface area contributed by atoms with Crippen LogP contribution in [-0.4, -0.2) is 22.8 Å². The fourth-order valence-corrected chi connectivity index (χ4v) is 2.08. The third-order valence-electron chi connectivity index (χ3n) is 2.37. The highest BCUT2D eigenvalue weighted by Crippen LogP contribution is 2.29. The number of aromatic amines is 1. The second-order valence-corrected chi connectivity index (χ2v) is 4.58. The first kappa shape index (κ1) is 13.5. The number of methoxy groups -OCH3 is 1. The molecule has 100 valence electrons. The largest absolute Gasteiger partial charge is 0.490 e. The van der Waals surface area contributed by atoms with Gasteiger partial charge >= 0.3 is 0 Å². The van der Waals surface area contributed by atoms with Gasteiger partial charge in [-0.1, -0.05) is 23.9 Å². The summed E-state index contributed by atoms with van der Waals surface area (Å²) >= 11 is 0.463. The van der Waals surface area contributed by atoms with E-state index in [1.165, 1.54) is 13.4 Å². The van der Waals surface area contributed by atoms with Gasteiger partial charge in [-0.15, -0.1) is 0 Å². The molecule has 2 aromatic rings. The Hall–Kier alpha value is -1.89. The number of aromatic nitrogens is 2. The standard InChI is InChI=1S/C12H10F2N2O2S/c1-18-10-9(15-6-16-11(10)17)7-2-4-8(5-3-7)19-12(13)14/h2-6,12H,1H3,(H,15,16,17). The molecule has 0 aliphatic heterocycles. The predicted molar refractivity (Wildman–Crippen MR) is 68.7 cm³/mol. The first-order valence-corrected chi connectivity index (χ1v) is 6.16. The zero-order valence-electron chi connectivity index (χ0n) is 9.89. The highest BCUT2D eigenvalue weighted by atomic mass is 32.2. The minimum atomic E-state index is -2.46. The molecule has 0 amide bonds. The summed E-state index contributed by atoms with van der Waals surface area (Å²) in [6, 6.07) is 6.34. The summed E-state index contributed by atoms with van der Waals surface area (Å²) in [7, 11) is 1.37. The lowest BCUT2D eigenvalue weighted by Crippen LogP contribution is -2.11. The van der Waals surface area contributed by atoms with E-state index < -0.39 is 11.3 Å². The molecule has 0 fully saturated rings. The zero-order chi connectivity index (χ0) is 13.8. The van der Waals surface area contributed by atoms with Crippen molar-refractivity contribution in [2.75, 3.05) is 7.11 Å². The fraction of sp³-hybridized carbons (Fsp3) is 0.167. The number of nitrogens with one attached hydrogen (secondary N) is 1. The van der Waals surface area contributed by atoms with E-state index in [1.807, 2.05) is 0 Å². The quantitative estimate of drug-likeness (QED) is 0.877. The molecular formula is C12H10F2N2O2S. The molecule has 0 saturated carbocycles. The average molecular weight is 284 g/mol. The number of halogens is 2. The van der Waals surface area contributed by atoms with Crippen molar-refractivity contribution in [1.29, 1.82) is 0 Å². The van der Waals surface area contributed by atoms with E-state index in [2.05, 4.69) is 9.97 Å². The lowest BCUT2D eigenvalue weighted by Gasteiger charge is -2.06. The fourth-order valence-electron chi connectivity index (χ4n) is 1.58. The molecular weight excluding hydrogens is 274 g/mol. The molecule has 4 nitrogen and oxygen atoms in total. The van der Waals surface area contributed by atoms with Crippen molar-refractivity contribution in [3.63, 3.8) is 0 Å². The number of thioether (sulfide) groups is 1. The third-order valence-corrected chi connectivity index (χ3v) is 3.09. The van der Waals surface area contributed by atoms with E-state index in [-0.39, 0.29) is 5.75 Å². The van der Waals surface area contributed by atoms with E-state index in [1.54, 1.807) is 24.3 Å². The number of benzene rings is 1. The van der Waals surface area contributed by atoms with Crippen molar-refractivity contribution in [2.24, 2.45) is 0 Å². The Morgan fingerprint density at radius 3 is 2.58 bits per heavy atom. The van der Waals surface area contributed by atoms with Gasteiger partial charge in [0.1, 0.15) is 5.69 Å². The van der Waals surface area contributed by atoms with Gasteiger partial charge in [0.25, 0.3) is 11.3 Å². The van der Waals surface area contributed by atoms with E-state index in [4.69, 9.17) is 4.74 Å². The van der Waals surface area contributed by atoms with Gasteiger partial charge in [0, 0.05) is 10.5 Å². The maximum Gasteiger partial charge on any atom is 0.293 e. The van der Waals surface area contributed by atoms with Gasteiger partial charge in [-0.25, -0.2) is 4.98 Å². The van der Waals surface area contributed by atoms with Gasteiger partial charge in [0.2, 0.25) is 5.75 Å². The highest BCUT2D eigenvalue weighted by Gasteiger charge is 2.12. The molecule has 0 saturated heterocycles. The van der Waals surface area contributed by atoms with Crippen molar-refractivity contribution >= 4 is 11.8 Å². The van der Waals surface area contributed by atoms with Crippen molar-refractivity contribution < 1.29 is 13.5 Å². The van der Waals surface area contributed by atoms with Gasteiger partial charge in [-0.05, 0) is 12.1 Å². The van der Waals surface area contributed by atoms with Crippen LogP contribution in [0.2, 0.25) is 0 Å². The van der Waals surface area contributed by atoms with Crippen LogP contribution in [0.1, 0.15) is 0 Å². The van der Waals surface area contributed by atoms with E-state index in [0.717, 1.165) is 0 Å². The summed E-state index contributed by atoms with van der Waals surface area (Å²) in [4.78, 5) is 18.4. The first-order valence-electron chi connectivity index (χ1n) is 5.28. The molecule has 19 heavy (non-hydrogen) atoms. The van der Waals surface area contributed by atoms with Crippen LogP contribution in [0.5, 0.6) is 5.75 Å². The molecule has 0 bridgehead atoms. The monoisotopic (exact) mass is 284 g/mol. The van der Waals surface area contributed by atoms with E-state index in [0.29, 0.717) is 27.9 Å². The molecule has 0 radical (unpaired) electrons. The number of nitrogens with zero attached hydrogens (tertiary/aromatic N) is 1. The molecule has 1 N–H and O–H groups in total. The van der Waals surface area contributed by atoms with E-state index >= 15 is 0 Å². The van der Waals surface area contributed by atoms with Gasteiger partial charge < -0.3 is 9.72 Å². The van der Waals surface area contributed by atoms with Crippen LogP contribution in [-0.2, 0) is 0 Å². The van der Waals surface area contributed by atoms with Gasteiger partial charge in [-0.3, -0.25) is 4.79 Å². The number of hydrogen-bond acceptors (Lipinski definition) is 4. The number of rotatable bonds is 4.